The minimum absolute atomic E-state index is 0.149. The van der Waals surface area contributed by atoms with Crippen molar-refractivity contribution in [3.8, 4) is 5.75 Å². The number of hydrogen-bond donors (Lipinski definition) is 1. The summed E-state index contributed by atoms with van der Waals surface area (Å²) in [5.74, 6) is 0.543. The second kappa shape index (κ2) is 5.02. The van der Waals surface area contributed by atoms with E-state index in [0.717, 1.165) is 18.6 Å². The monoisotopic (exact) mass is 257 g/mol. The van der Waals surface area contributed by atoms with E-state index in [1.165, 1.54) is 17.2 Å². The first kappa shape index (κ1) is 12.2. The lowest BCUT2D eigenvalue weighted by molar-refractivity contribution is 0.299. The average molecular weight is 257 g/mol. The zero-order valence-corrected chi connectivity index (χ0v) is 10.6. The standard InChI is InChI=1S/C16H16FNO/c17-15-4-2-1-3-12(15)10-19-13-6-7-14-11(9-13)5-8-16(14)18/h1-4,6-7,9,16H,5,8,10,18H2. The second-order valence-electron chi connectivity index (χ2n) is 4.89. The van der Waals surface area contributed by atoms with E-state index >= 15 is 0 Å². The van der Waals surface area contributed by atoms with Crippen molar-refractivity contribution in [3.05, 3.63) is 65.0 Å². The van der Waals surface area contributed by atoms with Gasteiger partial charge in [0.1, 0.15) is 18.2 Å². The van der Waals surface area contributed by atoms with Gasteiger partial charge in [0.05, 0.1) is 0 Å². The first-order chi connectivity index (χ1) is 9.24. The quantitative estimate of drug-likeness (QED) is 0.915. The maximum absolute atomic E-state index is 13.5. The van der Waals surface area contributed by atoms with E-state index in [4.69, 9.17) is 10.5 Å². The van der Waals surface area contributed by atoms with Crippen LogP contribution in [0.5, 0.6) is 5.75 Å². The van der Waals surface area contributed by atoms with E-state index in [2.05, 4.69) is 0 Å². The van der Waals surface area contributed by atoms with Crippen LogP contribution in [-0.4, -0.2) is 0 Å². The number of fused-ring (bicyclic) bond motifs is 1. The molecule has 0 spiro atoms. The lowest BCUT2D eigenvalue weighted by atomic mass is 10.1. The second-order valence-corrected chi connectivity index (χ2v) is 4.89. The van der Waals surface area contributed by atoms with E-state index in [9.17, 15) is 4.39 Å². The molecule has 1 unspecified atom stereocenters. The lowest BCUT2D eigenvalue weighted by Gasteiger charge is -2.10. The molecular weight excluding hydrogens is 241 g/mol. The minimum Gasteiger partial charge on any atom is -0.489 e. The van der Waals surface area contributed by atoms with Crippen LogP contribution >= 0.6 is 0 Å². The van der Waals surface area contributed by atoms with Crippen molar-refractivity contribution >= 4 is 0 Å². The molecule has 2 aromatic carbocycles. The van der Waals surface area contributed by atoms with Crippen LogP contribution in [-0.2, 0) is 13.0 Å². The Labute approximate surface area is 112 Å². The van der Waals surface area contributed by atoms with Gasteiger partial charge in [0.15, 0.2) is 0 Å². The highest BCUT2D eigenvalue weighted by Gasteiger charge is 2.19. The molecule has 1 aliphatic carbocycles. The van der Waals surface area contributed by atoms with Gasteiger partial charge in [0.2, 0.25) is 0 Å². The maximum atomic E-state index is 13.5. The van der Waals surface area contributed by atoms with E-state index < -0.39 is 0 Å². The van der Waals surface area contributed by atoms with E-state index in [-0.39, 0.29) is 18.5 Å². The van der Waals surface area contributed by atoms with Gasteiger partial charge >= 0.3 is 0 Å². The van der Waals surface area contributed by atoms with Crippen LogP contribution in [0.3, 0.4) is 0 Å². The molecule has 3 heteroatoms. The van der Waals surface area contributed by atoms with Gasteiger partial charge < -0.3 is 10.5 Å². The number of ether oxygens (including phenoxy) is 1. The Morgan fingerprint density at radius 2 is 2.05 bits per heavy atom. The highest BCUT2D eigenvalue weighted by Crippen LogP contribution is 2.32. The topological polar surface area (TPSA) is 35.2 Å². The highest BCUT2D eigenvalue weighted by molar-refractivity contribution is 5.40. The summed E-state index contributed by atoms with van der Waals surface area (Å²) in [5, 5.41) is 0. The zero-order valence-electron chi connectivity index (χ0n) is 10.6. The molecule has 0 bridgehead atoms. The molecule has 3 rings (SSSR count). The summed E-state index contributed by atoms with van der Waals surface area (Å²) in [6, 6.07) is 12.8. The van der Waals surface area contributed by atoms with Crippen LogP contribution in [0.25, 0.3) is 0 Å². The number of aryl methyl sites for hydroxylation is 1. The third kappa shape index (κ3) is 2.47. The number of rotatable bonds is 3. The Balaban J connectivity index is 1.73. The number of hydrogen-bond acceptors (Lipinski definition) is 2. The van der Waals surface area contributed by atoms with Crippen LogP contribution < -0.4 is 10.5 Å². The van der Waals surface area contributed by atoms with Crippen LogP contribution in [0.4, 0.5) is 4.39 Å². The largest absolute Gasteiger partial charge is 0.489 e. The van der Waals surface area contributed by atoms with Crippen LogP contribution in [0.15, 0.2) is 42.5 Å². The molecule has 98 valence electrons. The Bertz CT molecular complexity index is 597. The van der Waals surface area contributed by atoms with Crippen LogP contribution in [0, 0.1) is 5.82 Å². The molecule has 0 amide bonds. The predicted octanol–water partition coefficient (Wildman–Crippen LogP) is 3.35. The Morgan fingerprint density at radius 3 is 2.89 bits per heavy atom. The summed E-state index contributed by atoms with van der Waals surface area (Å²) >= 11 is 0. The summed E-state index contributed by atoms with van der Waals surface area (Å²) < 4.78 is 19.1. The Morgan fingerprint density at radius 1 is 1.21 bits per heavy atom. The van der Waals surface area contributed by atoms with Crippen molar-refractivity contribution in [3.63, 3.8) is 0 Å². The van der Waals surface area contributed by atoms with Crippen molar-refractivity contribution in [2.75, 3.05) is 0 Å². The normalized spacial score (nSPS) is 17.3. The summed E-state index contributed by atoms with van der Waals surface area (Å²) in [6.07, 6.45) is 1.99. The van der Waals surface area contributed by atoms with E-state index in [1.54, 1.807) is 12.1 Å². The van der Waals surface area contributed by atoms with Crippen LogP contribution in [0.2, 0.25) is 0 Å². The van der Waals surface area contributed by atoms with E-state index in [1.807, 2.05) is 24.3 Å². The van der Waals surface area contributed by atoms with Gasteiger partial charge in [0, 0.05) is 11.6 Å². The minimum atomic E-state index is -0.231. The molecule has 0 saturated carbocycles. The third-order valence-electron chi connectivity index (χ3n) is 3.59. The maximum Gasteiger partial charge on any atom is 0.129 e. The molecule has 0 radical (unpaired) electrons. The van der Waals surface area contributed by atoms with Crippen molar-refractivity contribution < 1.29 is 9.13 Å². The Hall–Kier alpha value is -1.87. The fraction of sp³-hybridized carbons (Fsp3) is 0.250. The SMILES string of the molecule is NC1CCc2cc(OCc3ccccc3F)ccc21. The van der Waals surface area contributed by atoms with Gasteiger partial charge in [-0.1, -0.05) is 24.3 Å². The predicted molar refractivity (Wildman–Crippen MR) is 72.4 cm³/mol. The van der Waals surface area contributed by atoms with Gasteiger partial charge in [0.25, 0.3) is 0 Å². The molecule has 0 heterocycles. The van der Waals surface area contributed by atoms with Gasteiger partial charge in [-0.05, 0) is 42.2 Å². The summed E-state index contributed by atoms with van der Waals surface area (Å²) in [7, 11) is 0. The molecule has 2 nitrogen and oxygen atoms in total. The van der Waals surface area contributed by atoms with Crippen molar-refractivity contribution in [1.29, 1.82) is 0 Å². The van der Waals surface area contributed by atoms with Crippen molar-refractivity contribution in [2.24, 2.45) is 5.73 Å². The molecule has 2 N–H and O–H groups in total. The molecule has 19 heavy (non-hydrogen) atoms. The van der Waals surface area contributed by atoms with Gasteiger partial charge in [-0.2, -0.15) is 0 Å². The number of halogens is 1. The highest BCUT2D eigenvalue weighted by atomic mass is 19.1. The molecule has 1 atom stereocenters. The van der Waals surface area contributed by atoms with Gasteiger partial charge in [-0.3, -0.25) is 0 Å². The number of benzene rings is 2. The van der Waals surface area contributed by atoms with Crippen molar-refractivity contribution in [2.45, 2.75) is 25.5 Å². The number of nitrogens with two attached hydrogens (primary N) is 1. The first-order valence-electron chi connectivity index (χ1n) is 6.48. The fourth-order valence-electron chi connectivity index (χ4n) is 2.49. The lowest BCUT2D eigenvalue weighted by Crippen LogP contribution is -2.05. The van der Waals surface area contributed by atoms with Crippen molar-refractivity contribution in [1.82, 2.24) is 0 Å². The van der Waals surface area contributed by atoms with Crippen LogP contribution in [0.1, 0.15) is 29.2 Å². The molecule has 2 aromatic rings. The molecule has 0 aliphatic heterocycles. The molecule has 0 fully saturated rings. The van der Waals surface area contributed by atoms with Gasteiger partial charge in [-0.15, -0.1) is 0 Å². The molecule has 0 saturated heterocycles. The summed E-state index contributed by atoms with van der Waals surface area (Å²) in [6.45, 7) is 0.248. The van der Waals surface area contributed by atoms with Gasteiger partial charge in [-0.25, -0.2) is 4.39 Å². The first-order valence-corrected chi connectivity index (χ1v) is 6.48. The zero-order chi connectivity index (χ0) is 13.2. The molecule has 0 aromatic heterocycles. The summed E-state index contributed by atoms with van der Waals surface area (Å²) in [4.78, 5) is 0. The smallest absolute Gasteiger partial charge is 0.129 e. The Kier molecular flexibility index (Phi) is 3.22. The summed E-state index contributed by atoms with van der Waals surface area (Å²) in [5.41, 5.74) is 9.02. The average Bonchev–Trinajstić information content (AvgIpc) is 2.79. The molecule has 1 aliphatic rings. The van der Waals surface area contributed by atoms with E-state index in [0.29, 0.717) is 5.56 Å². The third-order valence-corrected chi connectivity index (χ3v) is 3.59. The fourth-order valence-corrected chi connectivity index (χ4v) is 2.49. The molecular formula is C16H16FNO.